The summed E-state index contributed by atoms with van der Waals surface area (Å²) in [7, 11) is 2.14. The van der Waals surface area contributed by atoms with Gasteiger partial charge < -0.3 is 24.3 Å². The third-order valence-electron chi connectivity index (χ3n) is 9.10. The van der Waals surface area contributed by atoms with Crippen molar-refractivity contribution in [3.05, 3.63) is 65.9 Å². The first kappa shape index (κ1) is 28.0. The molecule has 2 saturated heterocycles. The van der Waals surface area contributed by atoms with Gasteiger partial charge in [0.2, 0.25) is 5.91 Å². The summed E-state index contributed by atoms with van der Waals surface area (Å²) in [5.74, 6) is 0.738. The SMILES string of the molecule is C=CC(=O)N1CCN(c2nc(OC[C@@H]3CCCN3[13CH3])nc3c2CCN(c2cccc4cccc(C)c24)C3)C[C@@H]1CC#N. The molecule has 42 heavy (non-hydrogen) atoms. The van der Waals surface area contributed by atoms with Gasteiger partial charge in [0.15, 0.2) is 0 Å². The predicted molar refractivity (Wildman–Crippen MR) is 165 cm³/mol. The number of amides is 1. The van der Waals surface area contributed by atoms with Gasteiger partial charge in [0.1, 0.15) is 12.4 Å². The van der Waals surface area contributed by atoms with Crippen LogP contribution < -0.4 is 14.5 Å². The van der Waals surface area contributed by atoms with Gasteiger partial charge in [0.05, 0.1) is 30.8 Å². The fourth-order valence-corrected chi connectivity index (χ4v) is 6.79. The number of likely N-dealkylation sites (tertiary alicyclic amines) is 1. The molecule has 0 radical (unpaired) electrons. The molecule has 1 amide bonds. The van der Waals surface area contributed by atoms with E-state index in [2.05, 4.69) is 77.7 Å². The van der Waals surface area contributed by atoms with E-state index >= 15 is 0 Å². The number of aryl methyl sites for hydroxylation is 1. The topological polar surface area (TPSA) is 88.8 Å². The number of ether oxygens (including phenoxy) is 1. The van der Waals surface area contributed by atoms with Gasteiger partial charge in [0.25, 0.3) is 0 Å². The van der Waals surface area contributed by atoms with E-state index < -0.39 is 0 Å². The maximum Gasteiger partial charge on any atom is 0.318 e. The minimum atomic E-state index is -0.227. The molecule has 2 fully saturated rings. The second kappa shape index (κ2) is 12.0. The second-order valence-corrected chi connectivity index (χ2v) is 11.7. The van der Waals surface area contributed by atoms with Crippen LogP contribution in [0.3, 0.4) is 0 Å². The van der Waals surface area contributed by atoms with Crippen LogP contribution in [-0.4, -0.2) is 84.1 Å². The first-order chi connectivity index (χ1) is 20.5. The van der Waals surface area contributed by atoms with E-state index in [-0.39, 0.29) is 18.4 Å². The highest BCUT2D eigenvalue weighted by Crippen LogP contribution is 2.36. The molecule has 9 heteroatoms. The molecule has 0 N–H and O–H groups in total. The molecule has 3 aromatic rings. The molecule has 1 aromatic heterocycles. The molecule has 6 rings (SSSR count). The number of hydrogen-bond acceptors (Lipinski definition) is 8. The molecule has 3 aliphatic rings. The lowest BCUT2D eigenvalue weighted by atomic mass is 9.99. The van der Waals surface area contributed by atoms with Crippen LogP contribution in [0.5, 0.6) is 6.01 Å². The molecule has 0 aliphatic carbocycles. The molecule has 4 heterocycles. The van der Waals surface area contributed by atoms with E-state index in [0.717, 1.165) is 43.0 Å². The monoisotopic (exact) mass is 566 g/mol. The van der Waals surface area contributed by atoms with Gasteiger partial charge in [0, 0.05) is 48.9 Å². The standard InChI is InChI=1S/C33H39N7O2/c1-4-30(41)40-19-18-39(20-25(40)13-15-34)32-27-14-17-38(29-12-6-10-24-9-5-8-23(2)31(24)29)21-28(27)35-33(36-32)42-22-26-11-7-16-37(26)3/h4-6,8-10,12,25-26H,1,7,11,13-14,16-22H2,2-3H3/t25-,26-/m0/s1/i3+1. The number of fused-ring (bicyclic) bond motifs is 2. The van der Waals surface area contributed by atoms with Crippen molar-refractivity contribution in [2.75, 3.05) is 56.2 Å². The van der Waals surface area contributed by atoms with Crippen LogP contribution in [0, 0.1) is 18.3 Å². The number of hydrogen-bond donors (Lipinski definition) is 0. The zero-order valence-electron chi connectivity index (χ0n) is 24.6. The van der Waals surface area contributed by atoms with Gasteiger partial charge in [-0.2, -0.15) is 15.2 Å². The third kappa shape index (κ3) is 5.39. The minimum Gasteiger partial charge on any atom is -0.462 e. The van der Waals surface area contributed by atoms with Crippen LogP contribution in [0.4, 0.5) is 11.5 Å². The zero-order valence-corrected chi connectivity index (χ0v) is 24.6. The number of benzene rings is 2. The molecular formula is C33H39N7O2. The molecule has 0 spiro atoms. The van der Waals surface area contributed by atoms with Crippen molar-refractivity contribution in [2.45, 2.75) is 51.2 Å². The molecular weight excluding hydrogens is 527 g/mol. The highest BCUT2D eigenvalue weighted by atomic mass is 16.5. The van der Waals surface area contributed by atoms with Gasteiger partial charge in [-0.1, -0.05) is 36.9 Å². The minimum absolute atomic E-state index is 0.134. The van der Waals surface area contributed by atoms with Gasteiger partial charge in [-0.05, 0) is 62.9 Å². The molecule has 2 aromatic carbocycles. The van der Waals surface area contributed by atoms with Crippen LogP contribution >= 0.6 is 0 Å². The summed E-state index contributed by atoms with van der Waals surface area (Å²) < 4.78 is 6.30. The quantitative estimate of drug-likeness (QED) is 0.312. The first-order valence-corrected chi connectivity index (χ1v) is 15.0. The maximum atomic E-state index is 12.5. The van der Waals surface area contributed by atoms with E-state index in [0.29, 0.717) is 44.8 Å². The highest BCUT2D eigenvalue weighted by molar-refractivity contribution is 5.97. The van der Waals surface area contributed by atoms with Gasteiger partial charge in [-0.3, -0.25) is 4.79 Å². The average Bonchev–Trinajstić information content (AvgIpc) is 3.43. The van der Waals surface area contributed by atoms with E-state index in [4.69, 9.17) is 14.7 Å². The Kier molecular flexibility index (Phi) is 7.98. The highest BCUT2D eigenvalue weighted by Gasteiger charge is 2.33. The fraction of sp³-hybridized carbons (Fsp3) is 0.455. The number of carbonyl (C=O) groups excluding carboxylic acids is 1. The largest absolute Gasteiger partial charge is 0.462 e. The van der Waals surface area contributed by atoms with Crippen LogP contribution in [0.1, 0.15) is 36.1 Å². The summed E-state index contributed by atoms with van der Waals surface area (Å²) in [4.78, 5) is 31.3. The zero-order chi connectivity index (χ0) is 29.2. The van der Waals surface area contributed by atoms with Crippen molar-refractivity contribution in [1.29, 1.82) is 5.26 Å². The van der Waals surface area contributed by atoms with Gasteiger partial charge in [-0.25, -0.2) is 0 Å². The molecule has 0 saturated carbocycles. The predicted octanol–water partition coefficient (Wildman–Crippen LogP) is 4.09. The number of nitriles is 1. The Morgan fingerprint density at radius 1 is 1.12 bits per heavy atom. The molecule has 9 nitrogen and oxygen atoms in total. The molecule has 0 bridgehead atoms. The number of likely N-dealkylation sites (N-methyl/N-ethyl adjacent to an activating group) is 1. The summed E-state index contributed by atoms with van der Waals surface area (Å²) in [5, 5.41) is 12.0. The van der Waals surface area contributed by atoms with Crippen molar-refractivity contribution in [2.24, 2.45) is 0 Å². The van der Waals surface area contributed by atoms with Crippen LogP contribution in [-0.2, 0) is 17.8 Å². The summed E-state index contributed by atoms with van der Waals surface area (Å²) in [6, 6.07) is 15.8. The lowest BCUT2D eigenvalue weighted by Crippen LogP contribution is -2.55. The summed E-state index contributed by atoms with van der Waals surface area (Å²) in [6.45, 7) is 10.7. The molecule has 0 unspecified atom stereocenters. The summed E-state index contributed by atoms with van der Waals surface area (Å²) >= 11 is 0. The second-order valence-electron chi connectivity index (χ2n) is 11.7. The van der Waals surface area contributed by atoms with E-state index in [1.807, 2.05) is 0 Å². The Morgan fingerprint density at radius 3 is 2.71 bits per heavy atom. The fourth-order valence-electron chi connectivity index (χ4n) is 6.79. The van der Waals surface area contributed by atoms with Crippen LogP contribution in [0.15, 0.2) is 49.1 Å². The lowest BCUT2D eigenvalue weighted by molar-refractivity contribution is -0.128. The van der Waals surface area contributed by atoms with Crippen molar-refractivity contribution in [3.63, 3.8) is 0 Å². The number of rotatable bonds is 7. The Balaban J connectivity index is 1.34. The van der Waals surface area contributed by atoms with Crippen molar-refractivity contribution in [1.82, 2.24) is 19.8 Å². The van der Waals surface area contributed by atoms with E-state index in [9.17, 15) is 10.1 Å². The Labute approximate surface area is 248 Å². The lowest BCUT2D eigenvalue weighted by Gasteiger charge is -2.42. The maximum absolute atomic E-state index is 12.5. The average molecular weight is 567 g/mol. The molecule has 2 atom stereocenters. The number of carbonyl (C=O) groups is 1. The number of nitrogens with zero attached hydrogens (tertiary/aromatic N) is 7. The Hall–Kier alpha value is -4.16. The Morgan fingerprint density at radius 2 is 1.95 bits per heavy atom. The van der Waals surface area contributed by atoms with Crippen molar-refractivity contribution in [3.8, 4) is 12.1 Å². The Bertz CT molecular complexity index is 1530. The van der Waals surface area contributed by atoms with E-state index in [1.165, 1.54) is 34.5 Å². The first-order valence-electron chi connectivity index (χ1n) is 15.0. The van der Waals surface area contributed by atoms with Crippen molar-refractivity contribution < 1.29 is 9.53 Å². The van der Waals surface area contributed by atoms with Crippen molar-refractivity contribution >= 4 is 28.2 Å². The van der Waals surface area contributed by atoms with E-state index in [1.54, 1.807) is 4.90 Å². The molecule has 3 aliphatic heterocycles. The normalized spacial score (nSPS) is 20.8. The number of aromatic nitrogens is 2. The molecule has 218 valence electrons. The number of piperazine rings is 1. The summed E-state index contributed by atoms with van der Waals surface area (Å²) in [5.41, 5.74) is 4.59. The smallest absolute Gasteiger partial charge is 0.318 e. The van der Waals surface area contributed by atoms with Crippen LogP contribution in [0.25, 0.3) is 10.8 Å². The van der Waals surface area contributed by atoms with Gasteiger partial charge >= 0.3 is 6.01 Å². The van der Waals surface area contributed by atoms with Gasteiger partial charge in [-0.15, -0.1) is 0 Å². The number of anilines is 2. The third-order valence-corrected chi connectivity index (χ3v) is 9.10. The summed E-state index contributed by atoms with van der Waals surface area (Å²) in [6.07, 6.45) is 4.68. The van der Waals surface area contributed by atoms with Crippen LogP contribution in [0.2, 0.25) is 0 Å².